The monoisotopic (exact) mass is 274 g/mol. The standard InChI is InChI=1S/C17H26N2O/c18-19-16(11-10-13-5-1-2-6-13)15-9-3-7-14-8-4-12-20-17(14)15/h3,7,9,13,16,19H,1-2,4-6,8,10-12,18H2. The number of nitrogens with two attached hydrogens (primary N) is 1. The van der Waals surface area contributed by atoms with Gasteiger partial charge < -0.3 is 4.74 Å². The SMILES string of the molecule is NNC(CCC1CCCC1)c1cccc2c1OCCC2. The maximum Gasteiger partial charge on any atom is 0.127 e. The Morgan fingerprint density at radius 1 is 1.25 bits per heavy atom. The largest absolute Gasteiger partial charge is 0.493 e. The summed E-state index contributed by atoms with van der Waals surface area (Å²) in [5.74, 6) is 7.82. The van der Waals surface area contributed by atoms with Gasteiger partial charge in [-0.25, -0.2) is 0 Å². The number of ether oxygens (including phenoxy) is 1. The van der Waals surface area contributed by atoms with Crippen molar-refractivity contribution in [1.29, 1.82) is 0 Å². The predicted octanol–water partition coefficient (Wildman–Crippen LogP) is 3.49. The van der Waals surface area contributed by atoms with E-state index in [1.54, 1.807) is 0 Å². The van der Waals surface area contributed by atoms with Gasteiger partial charge in [0.15, 0.2) is 0 Å². The van der Waals surface area contributed by atoms with Crippen LogP contribution in [-0.4, -0.2) is 6.61 Å². The van der Waals surface area contributed by atoms with Crippen LogP contribution < -0.4 is 16.0 Å². The highest BCUT2D eigenvalue weighted by atomic mass is 16.5. The zero-order valence-electron chi connectivity index (χ0n) is 12.2. The Kier molecular flexibility index (Phi) is 4.58. The average molecular weight is 274 g/mol. The van der Waals surface area contributed by atoms with Crippen LogP contribution in [0.4, 0.5) is 0 Å². The van der Waals surface area contributed by atoms with Crippen molar-refractivity contribution >= 4 is 0 Å². The molecule has 0 aromatic heterocycles. The van der Waals surface area contributed by atoms with E-state index in [-0.39, 0.29) is 6.04 Å². The highest BCUT2D eigenvalue weighted by molar-refractivity contribution is 5.44. The van der Waals surface area contributed by atoms with Gasteiger partial charge in [-0.3, -0.25) is 11.3 Å². The van der Waals surface area contributed by atoms with Crippen molar-refractivity contribution in [2.24, 2.45) is 11.8 Å². The van der Waals surface area contributed by atoms with E-state index in [0.29, 0.717) is 0 Å². The summed E-state index contributed by atoms with van der Waals surface area (Å²) in [4.78, 5) is 0. The van der Waals surface area contributed by atoms with Gasteiger partial charge in [-0.05, 0) is 37.2 Å². The first-order chi connectivity index (χ1) is 9.88. The van der Waals surface area contributed by atoms with Crippen LogP contribution in [0.5, 0.6) is 5.75 Å². The van der Waals surface area contributed by atoms with Crippen LogP contribution in [0.25, 0.3) is 0 Å². The van der Waals surface area contributed by atoms with E-state index in [1.165, 1.54) is 43.2 Å². The van der Waals surface area contributed by atoms with Gasteiger partial charge in [0.25, 0.3) is 0 Å². The number of hydrogen-bond donors (Lipinski definition) is 2. The smallest absolute Gasteiger partial charge is 0.127 e. The third kappa shape index (κ3) is 2.99. The second-order valence-electron chi connectivity index (χ2n) is 6.23. The first-order valence-electron chi connectivity index (χ1n) is 8.09. The summed E-state index contributed by atoms with van der Waals surface area (Å²) >= 11 is 0. The maximum atomic E-state index is 5.91. The summed E-state index contributed by atoms with van der Waals surface area (Å²) in [5.41, 5.74) is 5.61. The number of fused-ring (bicyclic) bond motifs is 1. The Hall–Kier alpha value is -1.06. The predicted molar refractivity (Wildman–Crippen MR) is 81.5 cm³/mol. The highest BCUT2D eigenvalue weighted by Gasteiger charge is 2.22. The van der Waals surface area contributed by atoms with Crippen molar-refractivity contribution in [2.75, 3.05) is 6.61 Å². The number of benzene rings is 1. The number of hydrogen-bond acceptors (Lipinski definition) is 3. The lowest BCUT2D eigenvalue weighted by atomic mass is 9.92. The van der Waals surface area contributed by atoms with Crippen molar-refractivity contribution in [3.05, 3.63) is 29.3 Å². The number of rotatable bonds is 5. The second-order valence-corrected chi connectivity index (χ2v) is 6.23. The minimum atomic E-state index is 0.226. The third-order valence-corrected chi connectivity index (χ3v) is 4.88. The fraction of sp³-hybridized carbons (Fsp3) is 0.647. The molecular formula is C17H26N2O. The lowest BCUT2D eigenvalue weighted by molar-refractivity contribution is 0.279. The van der Waals surface area contributed by atoms with Gasteiger partial charge in [-0.1, -0.05) is 43.9 Å². The van der Waals surface area contributed by atoms with Gasteiger partial charge in [0.2, 0.25) is 0 Å². The molecule has 1 aromatic rings. The molecule has 3 heteroatoms. The van der Waals surface area contributed by atoms with Crippen LogP contribution in [0.15, 0.2) is 18.2 Å². The van der Waals surface area contributed by atoms with E-state index < -0.39 is 0 Å². The molecule has 1 aliphatic heterocycles. The van der Waals surface area contributed by atoms with E-state index in [9.17, 15) is 0 Å². The lowest BCUT2D eigenvalue weighted by Crippen LogP contribution is -2.29. The van der Waals surface area contributed by atoms with Gasteiger partial charge in [-0.15, -0.1) is 0 Å². The summed E-state index contributed by atoms with van der Waals surface area (Å²) in [6.45, 7) is 0.837. The summed E-state index contributed by atoms with van der Waals surface area (Å²) in [7, 11) is 0. The molecule has 1 aliphatic carbocycles. The molecule has 3 rings (SSSR count). The quantitative estimate of drug-likeness (QED) is 0.638. The molecule has 0 spiro atoms. The van der Waals surface area contributed by atoms with E-state index in [1.807, 2.05) is 0 Å². The zero-order chi connectivity index (χ0) is 13.8. The molecule has 1 heterocycles. The van der Waals surface area contributed by atoms with Crippen molar-refractivity contribution < 1.29 is 4.74 Å². The minimum Gasteiger partial charge on any atom is -0.493 e. The van der Waals surface area contributed by atoms with E-state index >= 15 is 0 Å². The molecule has 0 amide bonds. The topological polar surface area (TPSA) is 47.3 Å². The van der Waals surface area contributed by atoms with Gasteiger partial charge in [-0.2, -0.15) is 0 Å². The molecule has 3 nitrogen and oxygen atoms in total. The maximum absolute atomic E-state index is 5.91. The number of aryl methyl sites for hydroxylation is 1. The Labute approximate surface area is 121 Å². The van der Waals surface area contributed by atoms with E-state index in [2.05, 4.69) is 23.6 Å². The molecule has 20 heavy (non-hydrogen) atoms. The van der Waals surface area contributed by atoms with Crippen molar-refractivity contribution in [3.63, 3.8) is 0 Å². The van der Waals surface area contributed by atoms with Crippen LogP contribution in [0.3, 0.4) is 0 Å². The van der Waals surface area contributed by atoms with Gasteiger partial charge >= 0.3 is 0 Å². The van der Waals surface area contributed by atoms with Crippen LogP contribution in [0, 0.1) is 5.92 Å². The van der Waals surface area contributed by atoms with E-state index in [0.717, 1.165) is 37.5 Å². The van der Waals surface area contributed by atoms with Gasteiger partial charge in [0, 0.05) is 11.6 Å². The normalized spacial score (nSPS) is 20.4. The third-order valence-electron chi connectivity index (χ3n) is 4.88. The highest BCUT2D eigenvalue weighted by Crippen LogP contribution is 2.36. The molecule has 110 valence electrons. The first kappa shape index (κ1) is 13.9. The van der Waals surface area contributed by atoms with Gasteiger partial charge in [0.05, 0.1) is 6.61 Å². The fourth-order valence-electron chi connectivity index (χ4n) is 3.72. The summed E-state index contributed by atoms with van der Waals surface area (Å²) in [6, 6.07) is 6.72. The van der Waals surface area contributed by atoms with Gasteiger partial charge in [0.1, 0.15) is 5.75 Å². The number of nitrogens with one attached hydrogen (secondary N) is 1. The molecule has 0 bridgehead atoms. The van der Waals surface area contributed by atoms with Crippen molar-refractivity contribution in [3.8, 4) is 5.75 Å². The van der Waals surface area contributed by atoms with Crippen LogP contribution in [0.1, 0.15) is 62.1 Å². The Bertz CT molecular complexity index is 441. The summed E-state index contributed by atoms with van der Waals surface area (Å²) in [5, 5.41) is 0. The molecule has 1 atom stereocenters. The molecule has 1 fully saturated rings. The molecule has 0 saturated heterocycles. The van der Waals surface area contributed by atoms with Crippen LogP contribution >= 0.6 is 0 Å². The molecular weight excluding hydrogens is 248 g/mol. The molecule has 3 N–H and O–H groups in total. The molecule has 1 unspecified atom stereocenters. The van der Waals surface area contributed by atoms with E-state index in [4.69, 9.17) is 10.6 Å². The zero-order valence-corrected chi connectivity index (χ0v) is 12.2. The molecule has 1 saturated carbocycles. The number of hydrazine groups is 1. The molecule has 2 aliphatic rings. The average Bonchev–Trinajstić information content (AvgIpc) is 3.01. The van der Waals surface area contributed by atoms with Crippen LogP contribution in [-0.2, 0) is 6.42 Å². The summed E-state index contributed by atoms with van der Waals surface area (Å²) in [6.07, 6.45) is 10.3. The van der Waals surface area contributed by atoms with Crippen LogP contribution in [0.2, 0.25) is 0 Å². The Balaban J connectivity index is 1.71. The Morgan fingerprint density at radius 2 is 2.10 bits per heavy atom. The van der Waals surface area contributed by atoms with Crippen molar-refractivity contribution in [1.82, 2.24) is 5.43 Å². The molecule has 0 radical (unpaired) electrons. The fourth-order valence-corrected chi connectivity index (χ4v) is 3.72. The second kappa shape index (κ2) is 6.59. The summed E-state index contributed by atoms with van der Waals surface area (Å²) < 4.78 is 5.91. The van der Waals surface area contributed by atoms with Crippen molar-refractivity contribution in [2.45, 2.75) is 57.4 Å². The first-order valence-corrected chi connectivity index (χ1v) is 8.09. The molecule has 1 aromatic carbocycles. The lowest BCUT2D eigenvalue weighted by Gasteiger charge is -2.25. The number of para-hydroxylation sites is 1. The Morgan fingerprint density at radius 3 is 2.90 bits per heavy atom. The minimum absolute atomic E-state index is 0.226.